The van der Waals surface area contributed by atoms with Crippen LogP contribution in [0.5, 0.6) is 0 Å². The van der Waals surface area contributed by atoms with Gasteiger partial charge in [-0.2, -0.15) is 5.10 Å². The number of amides is 1. The summed E-state index contributed by atoms with van der Waals surface area (Å²) in [7, 11) is 1.76. The lowest BCUT2D eigenvalue weighted by atomic mass is 10.0. The van der Waals surface area contributed by atoms with Crippen molar-refractivity contribution in [1.82, 2.24) is 20.1 Å². The highest BCUT2D eigenvalue weighted by Gasteiger charge is 2.24. The fourth-order valence-electron chi connectivity index (χ4n) is 3.03. The van der Waals surface area contributed by atoms with Crippen LogP contribution < -0.4 is 5.32 Å². The number of carbonyl (C=O) groups is 2. The number of hydrogen-bond donors (Lipinski definition) is 2. The van der Waals surface area contributed by atoms with Gasteiger partial charge in [-0.05, 0) is 25.5 Å². The van der Waals surface area contributed by atoms with E-state index in [0.29, 0.717) is 28.0 Å². The van der Waals surface area contributed by atoms with Gasteiger partial charge in [-0.1, -0.05) is 30.3 Å². The van der Waals surface area contributed by atoms with Gasteiger partial charge in [0.1, 0.15) is 6.04 Å². The number of aromatic nitrogens is 3. The van der Waals surface area contributed by atoms with E-state index >= 15 is 0 Å². The normalized spacial score (nSPS) is 12.1. The molecular weight excluding hydrogens is 332 g/mol. The molecule has 1 amide bonds. The minimum atomic E-state index is -1.08. The number of nitrogens with zero attached hydrogens (tertiary/aromatic N) is 3. The van der Waals surface area contributed by atoms with Gasteiger partial charge in [0.05, 0.1) is 16.6 Å². The van der Waals surface area contributed by atoms with Crippen molar-refractivity contribution in [2.75, 3.05) is 0 Å². The van der Waals surface area contributed by atoms with Gasteiger partial charge < -0.3 is 10.4 Å². The van der Waals surface area contributed by atoms with Crippen molar-refractivity contribution < 1.29 is 14.7 Å². The number of rotatable bonds is 5. The van der Waals surface area contributed by atoms with E-state index in [0.717, 1.165) is 5.56 Å². The molecule has 0 aliphatic rings. The Hall–Kier alpha value is -3.22. The summed E-state index contributed by atoms with van der Waals surface area (Å²) in [6.45, 7) is 3.59. The molecule has 3 aromatic rings. The van der Waals surface area contributed by atoms with Crippen LogP contribution in [-0.2, 0) is 18.3 Å². The van der Waals surface area contributed by atoms with Crippen LogP contribution in [0.1, 0.15) is 27.3 Å². The van der Waals surface area contributed by atoms with Gasteiger partial charge >= 0.3 is 5.97 Å². The van der Waals surface area contributed by atoms with Crippen LogP contribution in [0.25, 0.3) is 11.0 Å². The van der Waals surface area contributed by atoms with Gasteiger partial charge in [-0.3, -0.25) is 9.48 Å². The fourth-order valence-corrected chi connectivity index (χ4v) is 3.03. The lowest BCUT2D eigenvalue weighted by molar-refractivity contribution is -0.139. The summed E-state index contributed by atoms with van der Waals surface area (Å²) in [4.78, 5) is 28.9. The zero-order chi connectivity index (χ0) is 18.8. The Labute approximate surface area is 150 Å². The van der Waals surface area contributed by atoms with Crippen LogP contribution in [0.15, 0.2) is 36.4 Å². The molecule has 2 heterocycles. The standard InChI is InChI=1S/C19H20N4O3/c1-11-9-14(16-12(2)22-23(3)17(16)20-11)18(24)21-15(19(25)26)10-13-7-5-4-6-8-13/h4-9,15H,10H2,1-3H3,(H,21,24)(H,25,26). The van der Waals surface area contributed by atoms with E-state index in [9.17, 15) is 14.7 Å². The first kappa shape index (κ1) is 17.6. The van der Waals surface area contributed by atoms with Crippen LogP contribution >= 0.6 is 0 Å². The summed E-state index contributed by atoms with van der Waals surface area (Å²) in [5.74, 6) is -1.52. The van der Waals surface area contributed by atoms with Crippen molar-refractivity contribution in [2.45, 2.75) is 26.3 Å². The Bertz CT molecular complexity index is 979. The van der Waals surface area contributed by atoms with Gasteiger partial charge in [0.15, 0.2) is 5.65 Å². The molecule has 0 radical (unpaired) electrons. The molecular formula is C19H20N4O3. The number of carboxylic acid groups (broad SMARTS) is 1. The maximum atomic E-state index is 12.8. The smallest absolute Gasteiger partial charge is 0.326 e. The first-order valence-corrected chi connectivity index (χ1v) is 8.25. The highest BCUT2D eigenvalue weighted by atomic mass is 16.4. The van der Waals surface area contributed by atoms with E-state index in [1.807, 2.05) is 30.3 Å². The first-order valence-electron chi connectivity index (χ1n) is 8.25. The molecule has 1 aromatic carbocycles. The second-order valence-electron chi connectivity index (χ2n) is 6.27. The zero-order valence-corrected chi connectivity index (χ0v) is 14.9. The monoisotopic (exact) mass is 352 g/mol. The Morgan fingerprint density at radius 1 is 1.23 bits per heavy atom. The van der Waals surface area contributed by atoms with Gasteiger partial charge in [0.25, 0.3) is 5.91 Å². The number of carboxylic acids is 1. The number of nitrogens with one attached hydrogen (secondary N) is 1. The molecule has 7 nitrogen and oxygen atoms in total. The van der Waals surface area contributed by atoms with E-state index in [1.165, 1.54) is 0 Å². The molecule has 2 N–H and O–H groups in total. The maximum Gasteiger partial charge on any atom is 0.326 e. The number of aliphatic carboxylic acids is 1. The van der Waals surface area contributed by atoms with Crippen molar-refractivity contribution in [2.24, 2.45) is 7.05 Å². The maximum absolute atomic E-state index is 12.8. The van der Waals surface area contributed by atoms with E-state index in [4.69, 9.17) is 0 Å². The molecule has 0 aliphatic carbocycles. The largest absolute Gasteiger partial charge is 0.480 e. The average molecular weight is 352 g/mol. The SMILES string of the molecule is Cc1cc(C(=O)NC(Cc2ccccc2)C(=O)O)c2c(C)nn(C)c2n1. The number of fused-ring (bicyclic) bond motifs is 1. The zero-order valence-electron chi connectivity index (χ0n) is 14.9. The predicted octanol–water partition coefficient (Wildman–Crippen LogP) is 2.01. The molecule has 2 aromatic heterocycles. The van der Waals surface area contributed by atoms with Crippen LogP contribution in [0.3, 0.4) is 0 Å². The van der Waals surface area contributed by atoms with Crippen molar-refractivity contribution in [3.8, 4) is 0 Å². The fraction of sp³-hybridized carbons (Fsp3) is 0.263. The molecule has 0 saturated heterocycles. The van der Waals surface area contributed by atoms with E-state index in [-0.39, 0.29) is 6.42 Å². The molecule has 0 bridgehead atoms. The summed E-state index contributed by atoms with van der Waals surface area (Å²) < 4.78 is 1.62. The Morgan fingerprint density at radius 2 is 1.92 bits per heavy atom. The number of carbonyl (C=O) groups excluding carboxylic acids is 1. The van der Waals surface area contributed by atoms with Crippen LogP contribution in [0.4, 0.5) is 0 Å². The van der Waals surface area contributed by atoms with Crippen molar-refractivity contribution in [3.05, 3.63) is 58.9 Å². The topological polar surface area (TPSA) is 97.1 Å². The third-order valence-corrected chi connectivity index (χ3v) is 4.23. The summed E-state index contributed by atoms with van der Waals surface area (Å²) in [5, 5.41) is 17.1. The minimum absolute atomic E-state index is 0.209. The molecule has 0 spiro atoms. The van der Waals surface area contributed by atoms with Gasteiger partial charge in [-0.15, -0.1) is 0 Å². The predicted molar refractivity (Wildman–Crippen MR) is 97.0 cm³/mol. The quantitative estimate of drug-likeness (QED) is 0.732. The van der Waals surface area contributed by atoms with Gasteiger partial charge in [0, 0.05) is 19.2 Å². The highest BCUT2D eigenvalue weighted by Crippen LogP contribution is 2.21. The lowest BCUT2D eigenvalue weighted by Crippen LogP contribution is -2.42. The molecule has 26 heavy (non-hydrogen) atoms. The molecule has 134 valence electrons. The Morgan fingerprint density at radius 3 is 2.58 bits per heavy atom. The van der Waals surface area contributed by atoms with Crippen molar-refractivity contribution in [3.63, 3.8) is 0 Å². The Balaban J connectivity index is 1.93. The number of benzene rings is 1. The summed E-state index contributed by atoms with van der Waals surface area (Å²) in [6, 6.07) is 9.85. The van der Waals surface area contributed by atoms with Gasteiger partial charge in [-0.25, -0.2) is 9.78 Å². The van der Waals surface area contributed by atoms with Crippen molar-refractivity contribution >= 4 is 22.9 Å². The van der Waals surface area contributed by atoms with Crippen LogP contribution in [-0.4, -0.2) is 37.8 Å². The summed E-state index contributed by atoms with van der Waals surface area (Å²) >= 11 is 0. The second-order valence-corrected chi connectivity index (χ2v) is 6.27. The van der Waals surface area contributed by atoms with Gasteiger partial charge in [0.2, 0.25) is 0 Å². The van der Waals surface area contributed by atoms with Crippen molar-refractivity contribution in [1.29, 1.82) is 0 Å². The second kappa shape index (κ2) is 6.95. The molecule has 0 saturated carbocycles. The molecule has 0 fully saturated rings. The molecule has 0 aliphatic heterocycles. The first-order chi connectivity index (χ1) is 12.4. The summed E-state index contributed by atoms with van der Waals surface area (Å²) in [5.41, 5.74) is 3.17. The number of pyridine rings is 1. The summed E-state index contributed by atoms with van der Waals surface area (Å²) in [6.07, 6.45) is 0.209. The van der Waals surface area contributed by atoms with E-state index in [2.05, 4.69) is 15.4 Å². The van der Waals surface area contributed by atoms with Crippen LogP contribution in [0, 0.1) is 13.8 Å². The molecule has 1 atom stereocenters. The third-order valence-electron chi connectivity index (χ3n) is 4.23. The lowest BCUT2D eigenvalue weighted by Gasteiger charge is -2.15. The average Bonchev–Trinajstić information content (AvgIpc) is 2.88. The van der Waals surface area contributed by atoms with E-state index < -0.39 is 17.9 Å². The third kappa shape index (κ3) is 3.42. The Kier molecular flexibility index (Phi) is 4.71. The minimum Gasteiger partial charge on any atom is -0.480 e. The van der Waals surface area contributed by atoms with Crippen LogP contribution in [0.2, 0.25) is 0 Å². The molecule has 7 heteroatoms. The highest BCUT2D eigenvalue weighted by molar-refractivity contribution is 6.07. The molecule has 1 unspecified atom stereocenters. The number of aryl methyl sites for hydroxylation is 3. The molecule has 3 rings (SSSR count). The van der Waals surface area contributed by atoms with E-state index in [1.54, 1.807) is 31.6 Å². The number of hydrogen-bond acceptors (Lipinski definition) is 4.